The molecule has 1 N–H and O–H groups in total. The lowest BCUT2D eigenvalue weighted by Crippen LogP contribution is -2.20. The molecule has 0 aliphatic carbocycles. The number of aromatic nitrogens is 1. The van der Waals surface area contributed by atoms with Gasteiger partial charge in [-0.15, -0.1) is 0 Å². The number of anilines is 1. The maximum atomic E-state index is 12.7. The number of para-hydroxylation sites is 1. The number of ether oxygens (including phenoxy) is 1. The van der Waals surface area contributed by atoms with Gasteiger partial charge in [-0.3, -0.25) is 4.79 Å². The van der Waals surface area contributed by atoms with Crippen molar-refractivity contribution in [3.05, 3.63) is 82.3 Å². The van der Waals surface area contributed by atoms with Crippen molar-refractivity contribution in [2.24, 2.45) is 13.0 Å². The summed E-state index contributed by atoms with van der Waals surface area (Å²) in [5.74, 6) is 1.95. The van der Waals surface area contributed by atoms with Gasteiger partial charge in [-0.05, 0) is 48.7 Å². The Morgan fingerprint density at radius 3 is 2.53 bits per heavy atom. The van der Waals surface area contributed by atoms with E-state index in [1.54, 1.807) is 11.6 Å². The van der Waals surface area contributed by atoms with Crippen LogP contribution in [0.4, 0.5) is 5.69 Å². The Labute approximate surface area is 178 Å². The number of hydrogen-bond donors (Lipinski definition) is 1. The number of nitrogens with one attached hydrogen (secondary N) is 1. The molecular formula is C26H30N2O2. The van der Waals surface area contributed by atoms with Gasteiger partial charge in [0.15, 0.2) is 0 Å². The number of rotatable bonds is 7. The van der Waals surface area contributed by atoms with Crippen LogP contribution in [-0.4, -0.2) is 11.6 Å². The van der Waals surface area contributed by atoms with Gasteiger partial charge in [-0.25, -0.2) is 0 Å². The first-order chi connectivity index (χ1) is 14.4. The van der Waals surface area contributed by atoms with E-state index in [9.17, 15) is 4.79 Å². The fraction of sp³-hybridized carbons (Fsp3) is 0.269. The van der Waals surface area contributed by atoms with Gasteiger partial charge >= 0.3 is 0 Å². The van der Waals surface area contributed by atoms with E-state index < -0.39 is 0 Å². The van der Waals surface area contributed by atoms with E-state index in [0.717, 1.165) is 45.9 Å². The zero-order chi connectivity index (χ0) is 21.7. The SMILES string of the molecule is CC[C@H](C)/C=C\c1c(-c2cc(NC)ccc2Oc2ccccc2)cn(C)c(=O)c1C. The van der Waals surface area contributed by atoms with Gasteiger partial charge < -0.3 is 14.6 Å². The van der Waals surface area contributed by atoms with Crippen LogP contribution in [0.3, 0.4) is 0 Å². The van der Waals surface area contributed by atoms with Crippen molar-refractivity contribution in [1.29, 1.82) is 0 Å². The normalized spacial score (nSPS) is 12.2. The number of hydrogen-bond acceptors (Lipinski definition) is 3. The average molecular weight is 403 g/mol. The molecule has 2 aromatic carbocycles. The highest BCUT2D eigenvalue weighted by molar-refractivity contribution is 5.82. The second kappa shape index (κ2) is 9.49. The van der Waals surface area contributed by atoms with Crippen LogP contribution in [0.25, 0.3) is 17.2 Å². The number of allylic oxidation sites excluding steroid dienone is 1. The number of benzene rings is 2. The van der Waals surface area contributed by atoms with Crippen molar-refractivity contribution in [3.63, 3.8) is 0 Å². The molecule has 156 valence electrons. The summed E-state index contributed by atoms with van der Waals surface area (Å²) in [6.07, 6.45) is 7.20. The largest absolute Gasteiger partial charge is 0.457 e. The molecule has 4 nitrogen and oxygen atoms in total. The van der Waals surface area contributed by atoms with Crippen LogP contribution in [0, 0.1) is 12.8 Å². The van der Waals surface area contributed by atoms with E-state index in [4.69, 9.17) is 4.74 Å². The minimum absolute atomic E-state index is 0.0119. The first kappa shape index (κ1) is 21.4. The van der Waals surface area contributed by atoms with Gasteiger partial charge in [0.1, 0.15) is 11.5 Å². The molecule has 0 amide bonds. The van der Waals surface area contributed by atoms with E-state index in [-0.39, 0.29) is 5.56 Å². The Bertz CT molecular complexity index is 1100. The van der Waals surface area contributed by atoms with E-state index in [1.165, 1.54) is 0 Å². The van der Waals surface area contributed by atoms with Crippen molar-refractivity contribution in [2.75, 3.05) is 12.4 Å². The van der Waals surface area contributed by atoms with Crippen molar-refractivity contribution in [1.82, 2.24) is 4.57 Å². The first-order valence-corrected chi connectivity index (χ1v) is 10.4. The molecule has 3 aromatic rings. The molecular weight excluding hydrogens is 372 g/mol. The number of pyridine rings is 1. The summed E-state index contributed by atoms with van der Waals surface area (Å²) < 4.78 is 7.88. The molecule has 0 unspecified atom stereocenters. The summed E-state index contributed by atoms with van der Waals surface area (Å²) in [6.45, 7) is 6.23. The van der Waals surface area contributed by atoms with Crippen LogP contribution >= 0.6 is 0 Å². The molecule has 0 radical (unpaired) electrons. The molecule has 0 fully saturated rings. The topological polar surface area (TPSA) is 43.3 Å². The predicted molar refractivity (Wildman–Crippen MR) is 126 cm³/mol. The third kappa shape index (κ3) is 4.65. The molecule has 1 heterocycles. The lowest BCUT2D eigenvalue weighted by Gasteiger charge is -2.17. The quantitative estimate of drug-likeness (QED) is 0.508. The van der Waals surface area contributed by atoms with E-state index in [1.807, 2.05) is 62.6 Å². The first-order valence-electron chi connectivity index (χ1n) is 10.4. The Kier molecular flexibility index (Phi) is 6.78. The van der Waals surface area contributed by atoms with Gasteiger partial charge in [0.05, 0.1) is 0 Å². The minimum Gasteiger partial charge on any atom is -0.457 e. The molecule has 1 aromatic heterocycles. The van der Waals surface area contributed by atoms with Gasteiger partial charge in [-0.2, -0.15) is 0 Å². The van der Waals surface area contributed by atoms with Crippen molar-refractivity contribution in [3.8, 4) is 22.6 Å². The lowest BCUT2D eigenvalue weighted by molar-refractivity contribution is 0.484. The average Bonchev–Trinajstić information content (AvgIpc) is 2.77. The number of aryl methyl sites for hydroxylation is 1. The molecule has 0 spiro atoms. The Hall–Kier alpha value is -3.27. The zero-order valence-electron chi connectivity index (χ0n) is 18.4. The standard InChI is InChI=1S/C26H30N2O2/c1-6-18(2)12-14-22-19(3)26(29)28(5)17-24(22)23-16-20(27-4)13-15-25(23)30-21-10-8-7-9-11-21/h7-18,27H,6H2,1-5H3/b14-12-/t18-/m0/s1. The smallest absolute Gasteiger partial charge is 0.253 e. The molecule has 0 aliphatic rings. The molecule has 0 saturated carbocycles. The van der Waals surface area contributed by atoms with Crippen molar-refractivity contribution in [2.45, 2.75) is 27.2 Å². The van der Waals surface area contributed by atoms with E-state index in [0.29, 0.717) is 5.92 Å². The fourth-order valence-corrected chi connectivity index (χ4v) is 3.33. The zero-order valence-corrected chi connectivity index (χ0v) is 18.4. The summed E-state index contributed by atoms with van der Waals surface area (Å²) in [5, 5.41) is 3.21. The van der Waals surface area contributed by atoms with Crippen LogP contribution < -0.4 is 15.6 Å². The molecule has 30 heavy (non-hydrogen) atoms. The molecule has 0 bridgehead atoms. The molecule has 0 saturated heterocycles. The van der Waals surface area contributed by atoms with Crippen LogP contribution in [0.1, 0.15) is 31.4 Å². The predicted octanol–water partition coefficient (Wildman–Crippen LogP) is 6.25. The third-order valence-electron chi connectivity index (χ3n) is 5.42. The maximum Gasteiger partial charge on any atom is 0.253 e. The van der Waals surface area contributed by atoms with Crippen LogP contribution in [0.2, 0.25) is 0 Å². The van der Waals surface area contributed by atoms with Gasteiger partial charge in [0, 0.05) is 42.7 Å². The molecule has 1 atom stereocenters. The second-order valence-corrected chi connectivity index (χ2v) is 7.62. The van der Waals surface area contributed by atoms with Gasteiger partial charge in [0.2, 0.25) is 0 Å². The van der Waals surface area contributed by atoms with Crippen LogP contribution in [-0.2, 0) is 7.05 Å². The van der Waals surface area contributed by atoms with E-state index in [2.05, 4.69) is 37.4 Å². The Morgan fingerprint density at radius 1 is 1.13 bits per heavy atom. The second-order valence-electron chi connectivity index (χ2n) is 7.62. The minimum atomic E-state index is 0.0119. The summed E-state index contributed by atoms with van der Waals surface area (Å²) in [4.78, 5) is 12.7. The highest BCUT2D eigenvalue weighted by Gasteiger charge is 2.16. The summed E-state index contributed by atoms with van der Waals surface area (Å²) in [6, 6.07) is 15.8. The molecule has 0 aliphatic heterocycles. The summed E-state index contributed by atoms with van der Waals surface area (Å²) >= 11 is 0. The molecule has 4 heteroatoms. The summed E-state index contributed by atoms with van der Waals surface area (Å²) in [5.41, 5.74) is 4.57. The Morgan fingerprint density at radius 2 is 1.87 bits per heavy atom. The maximum absolute atomic E-state index is 12.7. The Balaban J connectivity index is 2.23. The van der Waals surface area contributed by atoms with Crippen LogP contribution in [0.5, 0.6) is 11.5 Å². The fourth-order valence-electron chi connectivity index (χ4n) is 3.33. The van der Waals surface area contributed by atoms with Gasteiger partial charge in [0.25, 0.3) is 5.56 Å². The highest BCUT2D eigenvalue weighted by Crippen LogP contribution is 2.38. The van der Waals surface area contributed by atoms with Gasteiger partial charge in [-0.1, -0.05) is 50.6 Å². The van der Waals surface area contributed by atoms with Crippen molar-refractivity contribution >= 4 is 11.8 Å². The van der Waals surface area contributed by atoms with Crippen LogP contribution in [0.15, 0.2) is 65.6 Å². The molecule has 3 rings (SSSR count). The van der Waals surface area contributed by atoms with E-state index >= 15 is 0 Å². The third-order valence-corrected chi connectivity index (χ3v) is 5.42. The monoisotopic (exact) mass is 402 g/mol. The van der Waals surface area contributed by atoms with Crippen molar-refractivity contribution < 1.29 is 4.74 Å². The number of nitrogens with zero attached hydrogens (tertiary/aromatic N) is 1. The highest BCUT2D eigenvalue weighted by atomic mass is 16.5. The lowest BCUT2D eigenvalue weighted by atomic mass is 9.95. The summed E-state index contributed by atoms with van der Waals surface area (Å²) in [7, 11) is 3.69.